The van der Waals surface area contributed by atoms with Crippen molar-refractivity contribution in [1.29, 1.82) is 0 Å². The number of hydrogen-bond donors (Lipinski definition) is 3. The quantitative estimate of drug-likeness (QED) is 0.425. The molecule has 152 valence electrons. The molecule has 7 nitrogen and oxygen atoms in total. The number of nitrogens with one attached hydrogen (secondary N) is 2. The van der Waals surface area contributed by atoms with Crippen LogP contribution in [0.25, 0.3) is 11.3 Å². The van der Waals surface area contributed by atoms with Crippen molar-refractivity contribution in [3.8, 4) is 11.3 Å². The third-order valence-corrected chi connectivity index (χ3v) is 4.58. The molecule has 29 heavy (non-hydrogen) atoms. The van der Waals surface area contributed by atoms with Gasteiger partial charge in [0.05, 0.1) is 25.0 Å². The van der Waals surface area contributed by atoms with Crippen molar-refractivity contribution in [2.45, 2.75) is 26.0 Å². The molecule has 0 saturated carbocycles. The number of rotatable bonds is 7. The second-order valence-electron chi connectivity index (χ2n) is 7.14. The lowest BCUT2D eigenvalue weighted by Gasteiger charge is -2.23. The molecule has 0 amide bonds. The Labute approximate surface area is 171 Å². The summed E-state index contributed by atoms with van der Waals surface area (Å²) in [5.74, 6) is 0.653. The van der Waals surface area contributed by atoms with E-state index in [0.29, 0.717) is 19.0 Å². The SMILES string of the molecule is CCNC(=NCc1cccc(-c2ccccn2)c1)NCC(C)(O)c1cnn(C)c1. The Morgan fingerprint density at radius 2 is 2.07 bits per heavy atom. The van der Waals surface area contributed by atoms with Gasteiger partial charge in [-0.05, 0) is 37.6 Å². The average molecular weight is 393 g/mol. The van der Waals surface area contributed by atoms with Gasteiger partial charge in [0.1, 0.15) is 5.60 Å². The molecule has 0 radical (unpaired) electrons. The van der Waals surface area contributed by atoms with E-state index in [2.05, 4.69) is 31.8 Å². The van der Waals surface area contributed by atoms with Gasteiger partial charge in [-0.2, -0.15) is 5.10 Å². The Morgan fingerprint density at radius 1 is 1.21 bits per heavy atom. The maximum atomic E-state index is 10.8. The summed E-state index contributed by atoms with van der Waals surface area (Å²) in [7, 11) is 1.83. The minimum Gasteiger partial charge on any atom is -0.383 e. The van der Waals surface area contributed by atoms with Crippen LogP contribution in [0.2, 0.25) is 0 Å². The lowest BCUT2D eigenvalue weighted by atomic mass is 10.00. The number of guanidine groups is 1. The van der Waals surface area contributed by atoms with Crippen molar-refractivity contribution < 1.29 is 5.11 Å². The van der Waals surface area contributed by atoms with Crippen LogP contribution < -0.4 is 10.6 Å². The summed E-state index contributed by atoms with van der Waals surface area (Å²) in [6, 6.07) is 14.1. The molecular formula is C22H28N6O. The van der Waals surface area contributed by atoms with E-state index < -0.39 is 5.60 Å². The van der Waals surface area contributed by atoms with Gasteiger partial charge in [-0.15, -0.1) is 0 Å². The largest absolute Gasteiger partial charge is 0.383 e. The lowest BCUT2D eigenvalue weighted by molar-refractivity contribution is 0.0616. The zero-order valence-electron chi connectivity index (χ0n) is 17.1. The number of hydrogen-bond acceptors (Lipinski definition) is 4. The Balaban J connectivity index is 1.68. The molecule has 0 aliphatic rings. The van der Waals surface area contributed by atoms with Crippen LogP contribution in [0.15, 0.2) is 66.0 Å². The molecule has 1 atom stereocenters. The van der Waals surface area contributed by atoms with Crippen LogP contribution in [-0.4, -0.2) is 38.9 Å². The smallest absolute Gasteiger partial charge is 0.191 e. The van der Waals surface area contributed by atoms with E-state index >= 15 is 0 Å². The average Bonchev–Trinajstić information content (AvgIpc) is 3.18. The van der Waals surface area contributed by atoms with Crippen LogP contribution in [-0.2, 0) is 19.2 Å². The Hall–Kier alpha value is -3.19. The van der Waals surface area contributed by atoms with Gasteiger partial charge < -0.3 is 15.7 Å². The summed E-state index contributed by atoms with van der Waals surface area (Å²) in [5, 5.41) is 21.3. The molecule has 2 aromatic heterocycles. The van der Waals surface area contributed by atoms with Crippen LogP contribution in [0.5, 0.6) is 0 Å². The van der Waals surface area contributed by atoms with E-state index in [4.69, 9.17) is 0 Å². The zero-order valence-corrected chi connectivity index (χ0v) is 17.1. The number of pyridine rings is 1. The molecule has 3 aromatic rings. The van der Waals surface area contributed by atoms with Crippen LogP contribution in [0, 0.1) is 0 Å². The van der Waals surface area contributed by atoms with Crippen molar-refractivity contribution >= 4 is 5.96 Å². The fourth-order valence-corrected chi connectivity index (χ4v) is 2.93. The molecule has 0 bridgehead atoms. The van der Waals surface area contributed by atoms with Crippen LogP contribution in [0.1, 0.15) is 25.0 Å². The third kappa shape index (κ3) is 5.65. The molecule has 0 aliphatic heterocycles. The summed E-state index contributed by atoms with van der Waals surface area (Å²) >= 11 is 0. The molecule has 0 spiro atoms. The molecular weight excluding hydrogens is 364 g/mol. The number of aryl methyl sites for hydroxylation is 1. The summed E-state index contributed by atoms with van der Waals surface area (Å²) in [4.78, 5) is 9.07. The minimum atomic E-state index is -1.05. The summed E-state index contributed by atoms with van der Waals surface area (Å²) in [6.45, 7) is 5.34. The molecule has 1 aromatic carbocycles. The fourth-order valence-electron chi connectivity index (χ4n) is 2.93. The highest BCUT2D eigenvalue weighted by atomic mass is 16.3. The number of aromatic nitrogens is 3. The molecule has 3 rings (SSSR count). The van der Waals surface area contributed by atoms with E-state index in [1.165, 1.54) is 0 Å². The summed E-state index contributed by atoms with van der Waals surface area (Å²) in [5.41, 5.74) is 2.80. The molecule has 2 heterocycles. The first-order valence-corrected chi connectivity index (χ1v) is 9.72. The predicted octanol–water partition coefficient (Wildman–Crippen LogP) is 2.44. The Kier molecular flexibility index (Phi) is 6.61. The first-order chi connectivity index (χ1) is 14.0. The van der Waals surface area contributed by atoms with Crippen LogP contribution in [0.4, 0.5) is 0 Å². The minimum absolute atomic E-state index is 0.318. The molecule has 0 fully saturated rings. The van der Waals surface area contributed by atoms with Gasteiger partial charge in [0.25, 0.3) is 0 Å². The van der Waals surface area contributed by atoms with E-state index in [1.54, 1.807) is 24.0 Å². The maximum absolute atomic E-state index is 10.8. The highest BCUT2D eigenvalue weighted by Gasteiger charge is 2.24. The molecule has 0 saturated heterocycles. The third-order valence-electron chi connectivity index (χ3n) is 4.58. The van der Waals surface area contributed by atoms with E-state index in [0.717, 1.165) is 28.9 Å². The number of nitrogens with zero attached hydrogens (tertiary/aromatic N) is 4. The van der Waals surface area contributed by atoms with E-state index in [-0.39, 0.29) is 0 Å². The van der Waals surface area contributed by atoms with Gasteiger partial charge in [0.2, 0.25) is 0 Å². The molecule has 7 heteroatoms. The second-order valence-corrected chi connectivity index (χ2v) is 7.14. The predicted molar refractivity (Wildman–Crippen MR) is 115 cm³/mol. The summed E-state index contributed by atoms with van der Waals surface area (Å²) in [6.07, 6.45) is 5.28. The number of aliphatic imine (C=N–C) groups is 1. The van der Waals surface area contributed by atoms with Gasteiger partial charge in [0.15, 0.2) is 5.96 Å². The van der Waals surface area contributed by atoms with E-state index in [1.807, 2.05) is 56.6 Å². The van der Waals surface area contributed by atoms with Crippen molar-refractivity contribution in [2.24, 2.45) is 12.0 Å². The van der Waals surface area contributed by atoms with Gasteiger partial charge in [-0.25, -0.2) is 4.99 Å². The van der Waals surface area contributed by atoms with Crippen molar-refractivity contribution in [3.05, 3.63) is 72.2 Å². The van der Waals surface area contributed by atoms with E-state index in [9.17, 15) is 5.11 Å². The zero-order chi connectivity index (χ0) is 20.7. The second kappa shape index (κ2) is 9.34. The highest BCUT2D eigenvalue weighted by Crippen LogP contribution is 2.19. The highest BCUT2D eigenvalue weighted by molar-refractivity contribution is 5.79. The monoisotopic (exact) mass is 392 g/mol. The Morgan fingerprint density at radius 3 is 2.76 bits per heavy atom. The maximum Gasteiger partial charge on any atom is 0.191 e. The van der Waals surface area contributed by atoms with Gasteiger partial charge in [-0.1, -0.05) is 24.3 Å². The fraction of sp³-hybridized carbons (Fsp3) is 0.318. The van der Waals surface area contributed by atoms with Crippen molar-refractivity contribution in [2.75, 3.05) is 13.1 Å². The molecule has 0 aliphatic carbocycles. The standard InChI is InChI=1S/C22H28N6O/c1-4-23-21(26-16-22(2,29)19-14-27-28(3)15-19)25-13-17-8-7-9-18(12-17)20-10-5-6-11-24-20/h5-12,14-15,29H,4,13,16H2,1-3H3,(H2,23,25,26). The molecule has 3 N–H and O–H groups in total. The van der Waals surface area contributed by atoms with Gasteiger partial charge >= 0.3 is 0 Å². The van der Waals surface area contributed by atoms with Crippen molar-refractivity contribution in [1.82, 2.24) is 25.4 Å². The normalized spacial score (nSPS) is 13.7. The van der Waals surface area contributed by atoms with Crippen molar-refractivity contribution in [3.63, 3.8) is 0 Å². The number of benzene rings is 1. The van der Waals surface area contributed by atoms with Crippen LogP contribution >= 0.6 is 0 Å². The van der Waals surface area contributed by atoms with Gasteiger partial charge in [-0.3, -0.25) is 9.67 Å². The first kappa shape index (κ1) is 20.5. The Bertz CT molecular complexity index is 949. The number of aliphatic hydroxyl groups is 1. The lowest BCUT2D eigenvalue weighted by Crippen LogP contribution is -2.44. The first-order valence-electron chi connectivity index (χ1n) is 9.72. The topological polar surface area (TPSA) is 87.4 Å². The molecule has 1 unspecified atom stereocenters. The van der Waals surface area contributed by atoms with Gasteiger partial charge in [0, 0.05) is 37.1 Å². The van der Waals surface area contributed by atoms with Crippen LogP contribution in [0.3, 0.4) is 0 Å². The summed E-state index contributed by atoms with van der Waals surface area (Å²) < 4.78 is 1.68.